The molecule has 1 atom stereocenters. The van der Waals surface area contributed by atoms with Gasteiger partial charge in [-0.2, -0.15) is 0 Å². The van der Waals surface area contributed by atoms with Gasteiger partial charge in [0.25, 0.3) is 0 Å². The van der Waals surface area contributed by atoms with Gasteiger partial charge in [-0.1, -0.05) is 13.0 Å². The van der Waals surface area contributed by atoms with Crippen molar-refractivity contribution in [2.45, 2.75) is 19.9 Å². The van der Waals surface area contributed by atoms with Crippen molar-refractivity contribution in [2.75, 3.05) is 19.8 Å². The molecule has 104 valence electrons. The van der Waals surface area contributed by atoms with Gasteiger partial charge in [0.05, 0.1) is 6.54 Å². The minimum atomic E-state index is -2.86. The lowest BCUT2D eigenvalue weighted by Crippen LogP contribution is -2.36. The first-order valence-electron chi connectivity index (χ1n) is 6.12. The molecule has 7 heteroatoms. The van der Waals surface area contributed by atoms with Crippen LogP contribution in [0, 0.1) is 0 Å². The van der Waals surface area contributed by atoms with Crippen molar-refractivity contribution in [2.24, 2.45) is 0 Å². The highest BCUT2D eigenvalue weighted by molar-refractivity contribution is 7.66. The molecule has 19 heavy (non-hydrogen) atoms. The molecule has 0 radical (unpaired) electrons. The van der Waals surface area contributed by atoms with Crippen molar-refractivity contribution in [3.8, 4) is 0 Å². The molecule has 1 aromatic rings. The predicted octanol–water partition coefficient (Wildman–Crippen LogP) is 1.69. The van der Waals surface area contributed by atoms with Crippen LogP contribution < -0.4 is 5.44 Å². The third kappa shape index (κ3) is 2.65. The largest absolute Gasteiger partial charge is 0.465 e. The van der Waals surface area contributed by atoms with Crippen LogP contribution in [0.4, 0.5) is 4.79 Å². The third-order valence-electron chi connectivity index (χ3n) is 3.36. The lowest BCUT2D eigenvalue weighted by atomic mass is 10.1. The third-order valence-corrected chi connectivity index (χ3v) is 5.73. The van der Waals surface area contributed by atoms with Crippen LogP contribution in [-0.4, -0.2) is 40.9 Å². The smallest absolute Gasteiger partial charge is 0.407 e. The van der Waals surface area contributed by atoms with E-state index in [-0.39, 0.29) is 0 Å². The Bertz CT molecular complexity index is 539. The number of rotatable bonds is 3. The van der Waals surface area contributed by atoms with E-state index >= 15 is 0 Å². The highest BCUT2D eigenvalue weighted by atomic mass is 31.2. The second-order valence-electron chi connectivity index (χ2n) is 4.40. The molecule has 2 rings (SSSR count). The molecule has 1 unspecified atom stereocenters. The maximum absolute atomic E-state index is 12.4. The summed E-state index contributed by atoms with van der Waals surface area (Å²) in [6, 6.07) is 3.48. The number of carbonyl (C=O) groups is 1. The molecule has 0 spiro atoms. The first-order valence-corrected chi connectivity index (χ1v) is 7.93. The number of hydrogen-bond acceptors (Lipinski definition) is 4. The fourth-order valence-corrected chi connectivity index (χ4v) is 3.49. The molecule has 1 N–H and O–H groups in total. The quantitative estimate of drug-likeness (QED) is 0.854. The molecule has 2 heterocycles. The lowest BCUT2D eigenvalue weighted by molar-refractivity contribution is 0.139. The van der Waals surface area contributed by atoms with Crippen LogP contribution in [0.2, 0.25) is 0 Å². The van der Waals surface area contributed by atoms with E-state index in [0.717, 1.165) is 11.3 Å². The summed E-state index contributed by atoms with van der Waals surface area (Å²) in [6.45, 7) is 2.56. The fraction of sp³-hybridized carbons (Fsp3) is 0.500. The van der Waals surface area contributed by atoms with Crippen LogP contribution in [0.15, 0.2) is 12.1 Å². The summed E-state index contributed by atoms with van der Waals surface area (Å²) in [4.78, 5) is 16.7. The van der Waals surface area contributed by atoms with E-state index in [1.54, 1.807) is 19.1 Å². The molecular formula is C12H17N2O4P. The first kappa shape index (κ1) is 14.0. The minimum Gasteiger partial charge on any atom is -0.465 e. The maximum atomic E-state index is 12.4. The van der Waals surface area contributed by atoms with Gasteiger partial charge in [-0.05, 0) is 11.6 Å². The molecule has 1 aliphatic heterocycles. The van der Waals surface area contributed by atoms with Gasteiger partial charge in [0.1, 0.15) is 5.44 Å². The van der Waals surface area contributed by atoms with Crippen LogP contribution >= 0.6 is 7.37 Å². The summed E-state index contributed by atoms with van der Waals surface area (Å²) in [7, 11) is -1.43. The van der Waals surface area contributed by atoms with Crippen LogP contribution in [0.3, 0.4) is 0 Å². The van der Waals surface area contributed by atoms with Crippen LogP contribution in [0.5, 0.6) is 0 Å². The van der Waals surface area contributed by atoms with Gasteiger partial charge in [-0.25, -0.2) is 9.78 Å². The molecule has 1 aromatic heterocycles. The summed E-state index contributed by atoms with van der Waals surface area (Å²) in [5.41, 5.74) is 2.16. The Hall–Kier alpha value is -1.39. The fourth-order valence-electron chi connectivity index (χ4n) is 2.14. The number of aromatic nitrogens is 1. The molecule has 0 aromatic carbocycles. The highest BCUT2D eigenvalue weighted by Crippen LogP contribution is 2.43. The molecule has 0 fully saturated rings. The summed E-state index contributed by atoms with van der Waals surface area (Å²) >= 11 is 0. The average molecular weight is 284 g/mol. The summed E-state index contributed by atoms with van der Waals surface area (Å²) in [6.07, 6.45) is 0.0187. The molecule has 1 amide bonds. The number of amides is 1. The van der Waals surface area contributed by atoms with Crippen molar-refractivity contribution in [1.82, 2.24) is 9.88 Å². The second-order valence-corrected chi connectivity index (χ2v) is 7.20. The Balaban J connectivity index is 2.32. The number of fused-ring (bicyclic) bond motifs is 1. The monoisotopic (exact) mass is 284 g/mol. The SMILES string of the molecule is CCP(=O)(OC)c1ccc2c(n1)CCN(C(=O)O)C2. The summed E-state index contributed by atoms with van der Waals surface area (Å²) < 4.78 is 17.5. The molecule has 6 nitrogen and oxygen atoms in total. The normalized spacial score (nSPS) is 17.7. The average Bonchev–Trinajstić information content (AvgIpc) is 2.45. The Labute approximate surface area is 111 Å². The van der Waals surface area contributed by atoms with Crippen LogP contribution in [0.25, 0.3) is 0 Å². The van der Waals surface area contributed by atoms with E-state index in [2.05, 4.69) is 4.98 Å². The van der Waals surface area contributed by atoms with Gasteiger partial charge in [0.15, 0.2) is 0 Å². The number of nitrogens with zero attached hydrogens (tertiary/aromatic N) is 2. The lowest BCUT2D eigenvalue weighted by Gasteiger charge is -2.26. The van der Waals surface area contributed by atoms with E-state index in [9.17, 15) is 9.36 Å². The summed E-state index contributed by atoms with van der Waals surface area (Å²) in [5, 5.41) is 8.96. The Morgan fingerprint density at radius 1 is 1.58 bits per heavy atom. The van der Waals surface area contributed by atoms with Gasteiger partial charge in [-0.15, -0.1) is 0 Å². The predicted molar refractivity (Wildman–Crippen MR) is 71.2 cm³/mol. The number of carboxylic acid groups (broad SMARTS) is 1. The molecule has 0 saturated heterocycles. The van der Waals surface area contributed by atoms with Gasteiger partial charge < -0.3 is 14.5 Å². The van der Waals surface area contributed by atoms with Gasteiger partial charge >= 0.3 is 6.09 Å². The van der Waals surface area contributed by atoms with Crippen molar-refractivity contribution in [1.29, 1.82) is 0 Å². The maximum Gasteiger partial charge on any atom is 0.407 e. The van der Waals surface area contributed by atoms with E-state index < -0.39 is 13.5 Å². The standard InChI is InChI=1S/C12H17N2O4P/c1-3-19(17,18-2)11-5-4-9-8-14(12(15)16)7-6-10(9)13-11/h4-5H,3,6-8H2,1-2H3,(H,15,16). The van der Waals surface area contributed by atoms with Crippen molar-refractivity contribution in [3.05, 3.63) is 23.4 Å². The van der Waals surface area contributed by atoms with Crippen molar-refractivity contribution in [3.63, 3.8) is 0 Å². The Morgan fingerprint density at radius 3 is 2.89 bits per heavy atom. The van der Waals surface area contributed by atoms with Crippen molar-refractivity contribution < 1.29 is 19.0 Å². The number of pyridine rings is 1. The zero-order valence-corrected chi connectivity index (χ0v) is 11.9. The van der Waals surface area contributed by atoms with E-state index in [4.69, 9.17) is 9.63 Å². The zero-order valence-electron chi connectivity index (χ0n) is 11.0. The Kier molecular flexibility index (Phi) is 3.92. The Morgan fingerprint density at radius 2 is 2.32 bits per heavy atom. The van der Waals surface area contributed by atoms with Crippen LogP contribution in [-0.2, 0) is 22.1 Å². The summed E-state index contributed by atoms with van der Waals surface area (Å²) in [5.74, 6) is 0. The molecule has 0 bridgehead atoms. The topological polar surface area (TPSA) is 79.7 Å². The number of hydrogen-bond donors (Lipinski definition) is 1. The molecular weight excluding hydrogens is 267 g/mol. The van der Waals surface area contributed by atoms with Crippen molar-refractivity contribution >= 4 is 18.9 Å². The van der Waals surface area contributed by atoms with E-state index in [0.29, 0.717) is 31.1 Å². The minimum absolute atomic E-state index is 0.335. The molecule has 1 aliphatic rings. The van der Waals surface area contributed by atoms with Gasteiger partial charge in [0.2, 0.25) is 7.37 Å². The molecule has 0 aliphatic carbocycles. The van der Waals surface area contributed by atoms with Crippen LogP contribution in [0.1, 0.15) is 18.2 Å². The van der Waals surface area contributed by atoms with Gasteiger partial charge in [-0.3, -0.25) is 4.57 Å². The first-order chi connectivity index (χ1) is 9.00. The van der Waals surface area contributed by atoms with E-state index in [1.165, 1.54) is 12.0 Å². The second kappa shape index (κ2) is 5.31. The zero-order chi connectivity index (χ0) is 14.0. The van der Waals surface area contributed by atoms with E-state index in [1.807, 2.05) is 0 Å². The highest BCUT2D eigenvalue weighted by Gasteiger charge is 2.27. The van der Waals surface area contributed by atoms with Gasteiger partial charge in [0, 0.05) is 31.9 Å². The molecule has 0 saturated carbocycles.